The number of hydrogen-bond acceptors (Lipinski definition) is 24. The van der Waals surface area contributed by atoms with Gasteiger partial charge in [0.1, 0.15) is 90.3 Å². The molecular formula is C88H119N21O23S. The zero-order valence-corrected chi connectivity index (χ0v) is 75.5. The number of nitrogens with two attached hydrogens (primary N) is 2. The van der Waals surface area contributed by atoms with Gasteiger partial charge in [-0.15, -0.1) is 11.8 Å². The summed E-state index contributed by atoms with van der Waals surface area (Å²) in [6, 6.07) is -3.72. The summed E-state index contributed by atoms with van der Waals surface area (Å²) in [5.41, 5.74) is 14.2. The van der Waals surface area contributed by atoms with E-state index in [1.165, 1.54) is 64.9 Å². The molecule has 45 heteroatoms. The zero-order chi connectivity index (χ0) is 97.0. The highest BCUT2D eigenvalue weighted by Crippen LogP contribution is 2.28. The molecule has 0 saturated carbocycles. The third-order valence-electron chi connectivity index (χ3n) is 23.7. The molecule has 15 atom stereocenters. The maximum atomic E-state index is 15.7. The number of aromatic nitrogens is 4. The number of para-hydroxylation sites is 2. The van der Waals surface area contributed by atoms with Crippen molar-refractivity contribution in [1.82, 2.24) is 97.6 Å². The highest BCUT2D eigenvalue weighted by atomic mass is 32.2. The number of nitrogens with one attached hydrogen (secondary N) is 13. The van der Waals surface area contributed by atoms with Gasteiger partial charge in [-0.25, -0.2) is 4.98 Å². The second kappa shape index (κ2) is 49.1. The number of thioether (sulfide) groups is 1. The number of aliphatic hydroxyl groups is 2. The lowest BCUT2D eigenvalue weighted by molar-refractivity contribution is -0.149. The number of carboxylic acid groups (broad SMARTS) is 2. The van der Waals surface area contributed by atoms with Crippen LogP contribution in [-0.2, 0) is 112 Å². The largest absolute Gasteiger partial charge is 0.508 e. The van der Waals surface area contributed by atoms with Crippen LogP contribution in [0.1, 0.15) is 127 Å². The van der Waals surface area contributed by atoms with Gasteiger partial charge in [0.25, 0.3) is 0 Å². The van der Waals surface area contributed by atoms with E-state index in [0.717, 1.165) is 36.3 Å². The number of carboxylic acids is 2. The number of benzene rings is 3. The first-order valence-corrected chi connectivity index (χ1v) is 45.1. The minimum atomic E-state index is -1.95. The van der Waals surface area contributed by atoms with Gasteiger partial charge in [-0.05, 0) is 92.9 Å². The summed E-state index contributed by atoms with van der Waals surface area (Å²) in [7, 11) is 3.82. The normalized spacial score (nSPS) is 24.9. The van der Waals surface area contributed by atoms with Crippen LogP contribution in [0.2, 0.25) is 0 Å². The molecular weight excluding hydrogens is 1750 g/mol. The fourth-order valence-electron chi connectivity index (χ4n) is 16.2. The number of fused-ring (bicyclic) bond motifs is 4. The second-order valence-electron chi connectivity index (χ2n) is 33.3. The number of imidazole rings is 1. The number of phenolic OH excluding ortho intramolecular Hbond substituents is 1. The Morgan fingerprint density at radius 1 is 0.541 bits per heavy atom. The van der Waals surface area contributed by atoms with Crippen molar-refractivity contribution in [2.24, 2.45) is 11.5 Å². The van der Waals surface area contributed by atoms with Crippen molar-refractivity contribution in [3.8, 4) is 5.75 Å². The minimum absolute atomic E-state index is 0.0175. The van der Waals surface area contributed by atoms with Crippen molar-refractivity contribution in [2.75, 3.05) is 65.4 Å². The van der Waals surface area contributed by atoms with Gasteiger partial charge in [0.15, 0.2) is 0 Å². The van der Waals surface area contributed by atoms with Crippen molar-refractivity contribution in [3.05, 3.63) is 120 Å². The van der Waals surface area contributed by atoms with Gasteiger partial charge in [0, 0.05) is 125 Å². The molecule has 44 nitrogen and oxygen atoms in total. The van der Waals surface area contributed by atoms with E-state index in [9.17, 15) is 78.3 Å². The standard InChI is InChI=1S/C88H119N21O23S/c1-7-9-20-67-81(125)97-58(29-30-89)77(121)104-66(76(120)94-41-71(90)113)44-133-45-72(114)96-62(32-48-23-25-52(111)26-24-48)84(128)105(4)47(3)75(119)101-64(37-74(117)118)87(131)108-31-15-22-68(108)82(126)100-61(35-51-40-91-46-95-51)79(123)98-59(27-28-73(115)116)86(130)109-42-53(112)36-70(109)83(127)99-60(33-49-38-92-56-18-13-11-16-54(49)56)78(122)103-65(43-110)80(124)102-63(34-50-39-93-57-19-14-12-17-55(50)57)85(129)107(6)69(21-10-8-2)88(132)106(67)5/h11-14,16-19,23-26,38-40,46-47,53,58-70,92-93,110-112H,7-10,15,20-22,27-37,41-45,89H2,1-6H3,(H2,90,113)(H,91,95)(H,94,120)(H,96,114)(H,97,125)(H,98,123)(H,99,127)(H,100,126)(H,101,119)(H,102,124)(H,103,122)(H,104,121)(H,115,116)(H,117,118). The SMILES string of the molecule is CCCCC1C(=O)N(C)C(CCCC)C(=O)NC(CCN)C(=O)NC(C(=O)NCC(N)=O)CSCC(=O)NC(Cc2ccc(O)cc2)C(=O)N(C)C(C)C(=O)NC(CC(=O)O)C(=O)N2CCCC2C(=O)NC(Cc2cnc[nH]2)C(=O)NC(CCC(=O)O)C(=O)N2CC(O)CC2C(=O)NC(Cc2c[nH]c3ccccc23)C(=O)NC(CO)C(=O)NC(Cc2c[nH]c3ccccc23)C(=O)N1C. The summed E-state index contributed by atoms with van der Waals surface area (Å²) in [6.45, 7) is 1.93. The average Bonchev–Trinajstić information content (AvgIpc) is 1.66. The summed E-state index contributed by atoms with van der Waals surface area (Å²) in [6.07, 6.45) is 1.05. The Balaban J connectivity index is 1.09. The second-order valence-corrected chi connectivity index (χ2v) is 34.3. The lowest BCUT2D eigenvalue weighted by Gasteiger charge is -2.36. The molecule has 16 amide bonds. The predicted octanol–water partition coefficient (Wildman–Crippen LogP) is -3.43. The number of hydrogen-bond donors (Lipinski definition) is 20. The van der Waals surface area contributed by atoms with Crippen molar-refractivity contribution in [1.29, 1.82) is 0 Å². The molecule has 22 N–H and O–H groups in total. The van der Waals surface area contributed by atoms with Crippen LogP contribution in [0.3, 0.4) is 0 Å². The van der Waals surface area contributed by atoms with E-state index in [2.05, 4.69) is 73.1 Å². The molecule has 6 heterocycles. The number of carbonyl (C=O) groups excluding carboxylic acids is 16. The fraction of sp³-hybridized carbons (Fsp3) is 0.511. The molecule has 3 aromatic carbocycles. The first-order chi connectivity index (χ1) is 63.4. The first-order valence-electron chi connectivity index (χ1n) is 44.0. The number of primary amides is 1. The van der Waals surface area contributed by atoms with Gasteiger partial charge >= 0.3 is 11.9 Å². The van der Waals surface area contributed by atoms with Crippen molar-refractivity contribution >= 4 is 140 Å². The van der Waals surface area contributed by atoms with Crippen molar-refractivity contribution in [3.63, 3.8) is 0 Å². The minimum Gasteiger partial charge on any atom is -0.508 e. The van der Waals surface area contributed by atoms with Crippen molar-refractivity contribution in [2.45, 2.75) is 221 Å². The van der Waals surface area contributed by atoms with Crippen LogP contribution in [0.4, 0.5) is 0 Å². The third kappa shape index (κ3) is 28.2. The Bertz CT molecular complexity index is 5170. The van der Waals surface area contributed by atoms with Gasteiger partial charge in [-0.1, -0.05) is 88.1 Å². The molecule has 0 radical (unpaired) electrons. The number of rotatable bonds is 25. The van der Waals surface area contributed by atoms with Crippen molar-refractivity contribution < 1.29 is 112 Å². The number of aliphatic hydroxyl groups excluding tert-OH is 2. The van der Waals surface area contributed by atoms with Crippen LogP contribution in [0.15, 0.2) is 97.7 Å². The molecule has 0 aliphatic carbocycles. The summed E-state index contributed by atoms with van der Waals surface area (Å²) in [4.78, 5) is 279. The number of unbranched alkanes of at least 4 members (excludes halogenated alkanes) is 2. The molecule has 3 saturated heterocycles. The summed E-state index contributed by atoms with van der Waals surface area (Å²) in [5.74, 6) is -20.4. The number of H-pyrrole nitrogens is 3. The number of nitrogens with zero attached hydrogens (tertiary/aromatic N) is 6. The number of aliphatic carboxylic acids is 2. The monoisotopic (exact) mass is 1870 g/mol. The molecule has 0 bridgehead atoms. The molecule has 15 unspecified atom stereocenters. The number of aromatic amines is 3. The molecule has 3 aliphatic rings. The topological polar surface area (TPSA) is 657 Å². The Labute approximate surface area is 769 Å². The first kappa shape index (κ1) is 103. The maximum Gasteiger partial charge on any atom is 0.305 e. The van der Waals surface area contributed by atoms with Crippen LogP contribution in [-0.4, -0.2) is 333 Å². The molecule has 720 valence electrons. The van der Waals surface area contributed by atoms with Crippen LogP contribution in [0, 0.1) is 0 Å². The molecule has 0 spiro atoms. The van der Waals surface area contributed by atoms with E-state index in [1.807, 2.05) is 13.8 Å². The average molecular weight is 1870 g/mol. The van der Waals surface area contributed by atoms with Crippen LogP contribution in [0.25, 0.3) is 21.8 Å². The van der Waals surface area contributed by atoms with E-state index in [-0.39, 0.29) is 75.9 Å². The molecule has 3 aromatic heterocycles. The predicted molar refractivity (Wildman–Crippen MR) is 480 cm³/mol. The van der Waals surface area contributed by atoms with E-state index in [0.29, 0.717) is 64.2 Å². The van der Waals surface area contributed by atoms with Crippen LogP contribution < -0.4 is 64.6 Å². The molecule has 6 aromatic rings. The Kier molecular flexibility index (Phi) is 38.1. The van der Waals surface area contributed by atoms with E-state index in [4.69, 9.17) is 11.5 Å². The van der Waals surface area contributed by atoms with Gasteiger partial charge in [-0.2, -0.15) is 0 Å². The smallest absolute Gasteiger partial charge is 0.305 e. The zero-order valence-electron chi connectivity index (χ0n) is 74.7. The lowest BCUT2D eigenvalue weighted by atomic mass is 10.00. The maximum absolute atomic E-state index is 15.7. The van der Waals surface area contributed by atoms with Gasteiger partial charge < -0.3 is 130 Å². The van der Waals surface area contributed by atoms with Gasteiger partial charge in [0.05, 0.1) is 37.8 Å². The summed E-state index contributed by atoms with van der Waals surface area (Å²) in [5, 5.41) is 79.9. The fourth-order valence-corrected chi connectivity index (χ4v) is 17.1. The number of phenols is 1. The summed E-state index contributed by atoms with van der Waals surface area (Å²) < 4.78 is 0. The van der Waals surface area contributed by atoms with Crippen LogP contribution >= 0.6 is 11.8 Å². The molecule has 3 aliphatic heterocycles. The van der Waals surface area contributed by atoms with Gasteiger partial charge in [0.2, 0.25) is 94.5 Å². The van der Waals surface area contributed by atoms with E-state index < -0.39 is 260 Å². The van der Waals surface area contributed by atoms with E-state index >= 15 is 33.6 Å². The third-order valence-corrected chi connectivity index (χ3v) is 24.7. The van der Waals surface area contributed by atoms with Gasteiger partial charge in [-0.3, -0.25) is 86.3 Å². The number of carbonyl (C=O) groups is 18. The highest BCUT2D eigenvalue weighted by molar-refractivity contribution is 8.00. The van der Waals surface area contributed by atoms with Crippen LogP contribution in [0.5, 0.6) is 5.75 Å². The number of amides is 16. The molecule has 3 fully saturated rings. The van der Waals surface area contributed by atoms with E-state index in [1.54, 1.807) is 60.9 Å². The summed E-state index contributed by atoms with van der Waals surface area (Å²) >= 11 is 0.746. The molecule has 133 heavy (non-hydrogen) atoms. The Morgan fingerprint density at radius 2 is 1.08 bits per heavy atom. The quantitative estimate of drug-likeness (QED) is 0.0265. The highest BCUT2D eigenvalue weighted by Gasteiger charge is 2.47. The number of likely N-dealkylation sites (N-methyl/N-ethyl adjacent to an activating group) is 3. The Morgan fingerprint density at radius 3 is 1.67 bits per heavy atom. The number of aromatic hydroxyl groups is 1. The Hall–Kier alpha value is -13.6. The molecule has 9 rings (SSSR count). The lowest BCUT2D eigenvalue weighted by Crippen LogP contribution is -2.62.